The fourth-order valence-electron chi connectivity index (χ4n) is 5.75. The van der Waals surface area contributed by atoms with E-state index in [-0.39, 0.29) is 28.2 Å². The zero-order valence-electron chi connectivity index (χ0n) is 28.8. The number of rotatable bonds is 6. The van der Waals surface area contributed by atoms with Crippen LogP contribution < -0.4 is 37.0 Å². The number of benzene rings is 4. The average molecular weight is 679 g/mol. The maximum absolute atomic E-state index is 14.5. The van der Waals surface area contributed by atoms with E-state index < -0.39 is 5.82 Å². The highest BCUT2D eigenvalue weighted by molar-refractivity contribution is 5.85. The lowest BCUT2D eigenvalue weighted by atomic mass is 9.86. The van der Waals surface area contributed by atoms with Crippen LogP contribution in [0, 0.1) is 5.82 Å². The van der Waals surface area contributed by atoms with E-state index in [0.717, 1.165) is 27.8 Å². The Kier molecular flexibility index (Phi) is 8.96. The molecule has 0 aliphatic heterocycles. The van der Waals surface area contributed by atoms with Crippen LogP contribution in [0.15, 0.2) is 82.4 Å². The topological polar surface area (TPSA) is 150 Å². The van der Waals surface area contributed by atoms with Crippen molar-refractivity contribution in [2.45, 2.75) is 44.9 Å². The number of methoxy groups -OCH3 is 3. The van der Waals surface area contributed by atoms with Gasteiger partial charge in [-0.1, -0.05) is 63.2 Å². The first-order chi connectivity index (χ1) is 23.9. The minimum Gasteiger partial charge on any atom is -0.494 e. The molecule has 0 atom stereocenters. The molecule has 258 valence electrons. The van der Waals surface area contributed by atoms with Crippen molar-refractivity contribution in [1.29, 1.82) is 0 Å². The Balaban J connectivity index is 0.000000173. The van der Waals surface area contributed by atoms with E-state index in [1.807, 2.05) is 24.3 Å². The van der Waals surface area contributed by atoms with Crippen molar-refractivity contribution in [3.63, 3.8) is 0 Å². The number of nitrogens with zero attached hydrogens (tertiary/aromatic N) is 4. The number of hydrogen-bond acceptors (Lipinski definition) is 9. The summed E-state index contributed by atoms with van der Waals surface area (Å²) < 4.78 is 32.2. The molecule has 50 heavy (non-hydrogen) atoms. The fraction of sp³-hybridized carbons (Fsp3) is 0.263. The average Bonchev–Trinajstić information content (AvgIpc) is 3.96. The predicted molar refractivity (Wildman–Crippen MR) is 193 cm³/mol. The molecule has 0 bridgehead atoms. The molecule has 12 heteroatoms. The lowest BCUT2D eigenvalue weighted by molar-refractivity contribution is 0.355. The zero-order valence-corrected chi connectivity index (χ0v) is 28.8. The molecule has 1 fully saturated rings. The third kappa shape index (κ3) is 6.31. The van der Waals surface area contributed by atoms with Crippen molar-refractivity contribution >= 4 is 21.8 Å². The molecular formula is C38H39FN6O5. The molecule has 1 aliphatic carbocycles. The Morgan fingerprint density at radius 1 is 0.720 bits per heavy atom. The van der Waals surface area contributed by atoms with Gasteiger partial charge in [-0.15, -0.1) is 0 Å². The Hall–Kier alpha value is -5.91. The zero-order chi connectivity index (χ0) is 35.9. The summed E-state index contributed by atoms with van der Waals surface area (Å²) in [6.45, 7) is 6.44. The van der Waals surface area contributed by atoms with Gasteiger partial charge in [0.05, 0.1) is 43.1 Å². The smallest absolute Gasteiger partial charge is 0.280 e. The number of fused-ring (bicyclic) bond motifs is 2. The molecule has 0 radical (unpaired) electrons. The van der Waals surface area contributed by atoms with Crippen molar-refractivity contribution in [2.24, 2.45) is 0 Å². The summed E-state index contributed by atoms with van der Waals surface area (Å²) in [6.07, 6.45) is 2.00. The molecule has 6 aromatic rings. The van der Waals surface area contributed by atoms with Gasteiger partial charge in [-0.2, -0.15) is 0 Å². The van der Waals surface area contributed by atoms with E-state index in [1.54, 1.807) is 55.6 Å². The lowest BCUT2D eigenvalue weighted by Crippen LogP contribution is -2.31. The van der Waals surface area contributed by atoms with Crippen LogP contribution in [-0.2, 0) is 5.41 Å². The number of nitrogens with two attached hydrogens (primary N) is 2. The van der Waals surface area contributed by atoms with Gasteiger partial charge in [-0.05, 0) is 53.6 Å². The summed E-state index contributed by atoms with van der Waals surface area (Å²) >= 11 is 0. The van der Waals surface area contributed by atoms with Crippen molar-refractivity contribution in [2.75, 3.05) is 33.0 Å². The molecule has 7 rings (SSSR count). The number of aromatic nitrogens is 4. The molecule has 0 unspecified atom stereocenters. The summed E-state index contributed by atoms with van der Waals surface area (Å²) in [4.78, 5) is 34.4. The van der Waals surface area contributed by atoms with Crippen molar-refractivity contribution in [1.82, 2.24) is 19.3 Å². The van der Waals surface area contributed by atoms with Crippen molar-refractivity contribution < 1.29 is 18.6 Å². The quantitative estimate of drug-likeness (QED) is 0.206. The van der Waals surface area contributed by atoms with E-state index >= 15 is 0 Å². The monoisotopic (exact) mass is 678 g/mol. The molecule has 4 aromatic carbocycles. The van der Waals surface area contributed by atoms with Crippen molar-refractivity contribution in [3.05, 3.63) is 111 Å². The van der Waals surface area contributed by atoms with Gasteiger partial charge in [-0.25, -0.2) is 23.7 Å². The number of ether oxygens (including phenoxy) is 3. The van der Waals surface area contributed by atoms with Gasteiger partial charge in [0.2, 0.25) is 0 Å². The third-order valence-electron chi connectivity index (χ3n) is 8.78. The SMILES string of the molecule is COc1cc2nc(-c3ccc(C(C)(C)C)cc3)n(N)c(=O)c2cc1OC.COc1cccc(-c2ccc3nc(C4CC4)n(N)c(=O)c3c2)c1F. The van der Waals surface area contributed by atoms with Gasteiger partial charge in [0.25, 0.3) is 11.1 Å². The summed E-state index contributed by atoms with van der Waals surface area (Å²) in [5, 5.41) is 0.752. The molecule has 0 spiro atoms. The van der Waals surface area contributed by atoms with Crippen LogP contribution in [0.3, 0.4) is 0 Å². The maximum atomic E-state index is 14.5. The number of hydrogen-bond donors (Lipinski definition) is 2. The number of halogens is 1. The molecule has 1 saturated carbocycles. The van der Waals surface area contributed by atoms with E-state index in [2.05, 4.69) is 30.7 Å². The Labute approximate surface area is 287 Å². The molecule has 4 N–H and O–H groups in total. The normalized spacial score (nSPS) is 12.8. The summed E-state index contributed by atoms with van der Waals surface area (Å²) in [5.74, 6) is 13.9. The second-order valence-corrected chi connectivity index (χ2v) is 13.1. The molecule has 2 heterocycles. The van der Waals surface area contributed by atoms with E-state index in [1.165, 1.54) is 19.8 Å². The number of nitrogen functional groups attached to an aromatic ring is 2. The lowest BCUT2D eigenvalue weighted by Gasteiger charge is -2.19. The summed E-state index contributed by atoms with van der Waals surface area (Å²) in [6, 6.07) is 21.2. The summed E-state index contributed by atoms with van der Waals surface area (Å²) in [7, 11) is 4.47. The molecule has 11 nitrogen and oxygen atoms in total. The highest BCUT2D eigenvalue weighted by atomic mass is 19.1. The van der Waals surface area contributed by atoms with Crippen LogP contribution in [-0.4, -0.2) is 40.6 Å². The van der Waals surface area contributed by atoms with Gasteiger partial charge >= 0.3 is 0 Å². The second-order valence-electron chi connectivity index (χ2n) is 13.1. The van der Waals surface area contributed by atoms with Crippen LogP contribution >= 0.6 is 0 Å². The molecular weight excluding hydrogens is 639 g/mol. The minimum absolute atomic E-state index is 0.0433. The second kappa shape index (κ2) is 13.2. The van der Waals surface area contributed by atoms with Gasteiger partial charge in [0.15, 0.2) is 28.9 Å². The highest BCUT2D eigenvalue weighted by Crippen LogP contribution is 2.39. The minimum atomic E-state index is -0.463. The van der Waals surface area contributed by atoms with Gasteiger partial charge < -0.3 is 25.9 Å². The van der Waals surface area contributed by atoms with E-state index in [9.17, 15) is 14.0 Å². The van der Waals surface area contributed by atoms with Crippen LogP contribution in [0.5, 0.6) is 17.2 Å². The van der Waals surface area contributed by atoms with Crippen LogP contribution in [0.4, 0.5) is 4.39 Å². The Morgan fingerprint density at radius 2 is 1.32 bits per heavy atom. The standard InChI is InChI=1S/C20H23N3O3.C18H16FN3O2/c1-20(2,3)13-8-6-12(7-9-13)18-22-15-11-17(26-5)16(25-4)10-14(15)19(24)23(18)21;1-24-15-4-2-3-12(16(15)19)11-7-8-14-13(9-11)18(23)22(20)17(21-14)10-5-6-10/h6-11H,21H2,1-5H3;2-4,7-10H,5-6,20H2,1H3. The van der Waals surface area contributed by atoms with E-state index in [0.29, 0.717) is 56.1 Å². The van der Waals surface area contributed by atoms with E-state index in [4.69, 9.17) is 25.9 Å². The molecule has 2 aromatic heterocycles. The van der Waals surface area contributed by atoms with Crippen LogP contribution in [0.25, 0.3) is 44.3 Å². The molecule has 0 amide bonds. The van der Waals surface area contributed by atoms with Crippen LogP contribution in [0.2, 0.25) is 0 Å². The van der Waals surface area contributed by atoms with Gasteiger partial charge in [-0.3, -0.25) is 9.59 Å². The highest BCUT2D eigenvalue weighted by Gasteiger charge is 2.29. The predicted octanol–water partition coefficient (Wildman–Crippen LogP) is 5.89. The largest absolute Gasteiger partial charge is 0.494 e. The maximum Gasteiger partial charge on any atom is 0.280 e. The van der Waals surface area contributed by atoms with Gasteiger partial charge in [0.1, 0.15) is 5.82 Å². The molecule has 1 aliphatic rings. The Morgan fingerprint density at radius 3 is 1.94 bits per heavy atom. The third-order valence-corrected chi connectivity index (χ3v) is 8.78. The van der Waals surface area contributed by atoms with Gasteiger partial charge in [0, 0.05) is 23.1 Å². The first-order valence-electron chi connectivity index (χ1n) is 16.1. The first-order valence-corrected chi connectivity index (χ1v) is 16.1. The molecule has 0 saturated heterocycles. The summed E-state index contributed by atoms with van der Waals surface area (Å²) in [5.41, 5.74) is 3.38. The fourth-order valence-corrected chi connectivity index (χ4v) is 5.75. The van der Waals surface area contributed by atoms with Crippen LogP contribution in [0.1, 0.15) is 50.9 Å². The Bertz CT molecular complexity index is 2360. The van der Waals surface area contributed by atoms with Crippen molar-refractivity contribution in [3.8, 4) is 39.8 Å². The first kappa shape index (κ1) is 34.0.